The molecule has 146 valence electrons. The van der Waals surface area contributed by atoms with E-state index in [2.05, 4.69) is 116 Å². The first-order valence-electron chi connectivity index (χ1n) is 10.4. The second-order valence-corrected chi connectivity index (χ2v) is 7.90. The Kier molecular flexibility index (Phi) is 5.62. The van der Waals surface area contributed by atoms with Crippen molar-refractivity contribution >= 4 is 0 Å². The average Bonchev–Trinajstić information content (AvgIpc) is 3.25. The van der Waals surface area contributed by atoms with E-state index in [-0.39, 0.29) is 11.3 Å². The van der Waals surface area contributed by atoms with Crippen molar-refractivity contribution in [2.24, 2.45) is 0 Å². The highest BCUT2D eigenvalue weighted by Gasteiger charge is 2.38. The third-order valence-electron chi connectivity index (χ3n) is 6.04. The molecule has 0 aliphatic rings. The van der Waals surface area contributed by atoms with E-state index in [1.165, 1.54) is 11.1 Å². The quantitative estimate of drug-likeness (QED) is 0.355. The fourth-order valence-corrected chi connectivity index (χ4v) is 4.56. The van der Waals surface area contributed by atoms with E-state index >= 15 is 0 Å². The van der Waals surface area contributed by atoms with Gasteiger partial charge in [0.15, 0.2) is 0 Å². The zero-order chi connectivity index (χ0) is 20.1. The molecule has 2 nitrogen and oxygen atoms in total. The van der Waals surface area contributed by atoms with Crippen LogP contribution in [-0.2, 0) is 11.8 Å². The minimum Gasteiger partial charge on any atom is -0.304 e. The number of benzene rings is 3. The maximum atomic E-state index is 4.86. The fourth-order valence-electron chi connectivity index (χ4n) is 4.56. The van der Waals surface area contributed by atoms with E-state index in [0.717, 1.165) is 24.4 Å². The van der Waals surface area contributed by atoms with Crippen LogP contribution >= 0.6 is 0 Å². The molecule has 2 atom stereocenters. The molecule has 1 aromatic heterocycles. The standard InChI is InChI=1S/C27H28N2/c1-3-25(26-28-19-20-29(26)24-17-11-6-12-18-24)27(2,23-15-9-5-10-16-23)21-22-13-7-4-8-14-22/h4-20,25H,3,21H2,1-2H3. The fraction of sp³-hybridized carbons (Fsp3) is 0.222. The van der Waals surface area contributed by atoms with Crippen LogP contribution in [0.25, 0.3) is 5.69 Å². The van der Waals surface area contributed by atoms with Crippen molar-refractivity contribution in [3.05, 3.63) is 120 Å². The van der Waals surface area contributed by atoms with Gasteiger partial charge >= 0.3 is 0 Å². The Labute approximate surface area is 173 Å². The van der Waals surface area contributed by atoms with Crippen molar-refractivity contribution in [3.63, 3.8) is 0 Å². The van der Waals surface area contributed by atoms with Gasteiger partial charge < -0.3 is 4.57 Å². The molecule has 0 bridgehead atoms. The van der Waals surface area contributed by atoms with Gasteiger partial charge in [-0.15, -0.1) is 0 Å². The molecule has 1 heterocycles. The van der Waals surface area contributed by atoms with Crippen molar-refractivity contribution in [3.8, 4) is 5.69 Å². The molecule has 2 heteroatoms. The summed E-state index contributed by atoms with van der Waals surface area (Å²) in [6, 6.07) is 32.3. The van der Waals surface area contributed by atoms with Gasteiger partial charge in [0, 0.05) is 29.4 Å². The molecule has 3 aromatic carbocycles. The van der Waals surface area contributed by atoms with Crippen molar-refractivity contribution in [1.82, 2.24) is 9.55 Å². The lowest BCUT2D eigenvalue weighted by Crippen LogP contribution is -2.34. The van der Waals surface area contributed by atoms with Gasteiger partial charge in [0.25, 0.3) is 0 Å². The third kappa shape index (κ3) is 3.88. The summed E-state index contributed by atoms with van der Waals surface area (Å²) < 4.78 is 2.25. The Hall–Kier alpha value is -3.13. The topological polar surface area (TPSA) is 17.8 Å². The first kappa shape index (κ1) is 19.2. The van der Waals surface area contributed by atoms with Crippen LogP contribution in [0.4, 0.5) is 0 Å². The summed E-state index contributed by atoms with van der Waals surface area (Å²) in [4.78, 5) is 4.86. The van der Waals surface area contributed by atoms with E-state index in [4.69, 9.17) is 4.98 Å². The van der Waals surface area contributed by atoms with Gasteiger partial charge in [-0.3, -0.25) is 0 Å². The zero-order valence-corrected chi connectivity index (χ0v) is 17.2. The van der Waals surface area contributed by atoms with Crippen molar-refractivity contribution in [2.45, 2.75) is 38.0 Å². The molecular formula is C27H28N2. The molecule has 0 radical (unpaired) electrons. The molecule has 0 aliphatic heterocycles. The second kappa shape index (κ2) is 8.48. The van der Waals surface area contributed by atoms with Gasteiger partial charge in [0.05, 0.1) is 0 Å². The van der Waals surface area contributed by atoms with E-state index in [9.17, 15) is 0 Å². The Morgan fingerprint density at radius 1 is 0.828 bits per heavy atom. The van der Waals surface area contributed by atoms with Crippen LogP contribution in [0.5, 0.6) is 0 Å². The SMILES string of the molecule is CCC(c1nccn1-c1ccccc1)C(C)(Cc1ccccc1)c1ccccc1. The van der Waals surface area contributed by atoms with E-state index in [1.54, 1.807) is 0 Å². The van der Waals surface area contributed by atoms with Crippen LogP contribution in [0.15, 0.2) is 103 Å². The molecule has 0 N–H and O–H groups in total. The lowest BCUT2D eigenvalue weighted by molar-refractivity contribution is 0.347. The third-order valence-corrected chi connectivity index (χ3v) is 6.04. The summed E-state index contributed by atoms with van der Waals surface area (Å²) in [7, 11) is 0. The lowest BCUT2D eigenvalue weighted by Gasteiger charge is -2.38. The van der Waals surface area contributed by atoms with Crippen LogP contribution in [0.1, 0.15) is 43.1 Å². The van der Waals surface area contributed by atoms with Gasteiger partial charge in [0.1, 0.15) is 5.82 Å². The first-order chi connectivity index (χ1) is 14.2. The number of rotatable bonds is 7. The Bertz CT molecular complexity index is 1020. The monoisotopic (exact) mass is 380 g/mol. The molecule has 2 unspecified atom stereocenters. The average molecular weight is 381 g/mol. The van der Waals surface area contributed by atoms with Gasteiger partial charge in [0.2, 0.25) is 0 Å². The number of hydrogen-bond acceptors (Lipinski definition) is 1. The zero-order valence-electron chi connectivity index (χ0n) is 17.2. The normalized spacial score (nSPS) is 14.3. The van der Waals surface area contributed by atoms with Crippen LogP contribution in [0, 0.1) is 0 Å². The molecule has 0 amide bonds. The highest BCUT2D eigenvalue weighted by Crippen LogP contribution is 2.43. The van der Waals surface area contributed by atoms with E-state index in [1.807, 2.05) is 6.20 Å². The smallest absolute Gasteiger partial charge is 0.117 e. The summed E-state index contributed by atoms with van der Waals surface area (Å²) in [5.74, 6) is 1.40. The predicted molar refractivity (Wildman–Crippen MR) is 121 cm³/mol. The number of aromatic nitrogens is 2. The highest BCUT2D eigenvalue weighted by atomic mass is 15.1. The minimum absolute atomic E-state index is 0.0742. The summed E-state index contributed by atoms with van der Waals surface area (Å²) in [6.07, 6.45) is 6.00. The number of imidazole rings is 1. The van der Waals surface area contributed by atoms with Crippen LogP contribution in [0.2, 0.25) is 0 Å². The molecule has 0 saturated carbocycles. The van der Waals surface area contributed by atoms with Crippen LogP contribution in [0.3, 0.4) is 0 Å². The Morgan fingerprint density at radius 2 is 1.41 bits per heavy atom. The lowest BCUT2D eigenvalue weighted by atomic mass is 9.66. The number of nitrogens with zero attached hydrogens (tertiary/aromatic N) is 2. The predicted octanol–water partition coefficient (Wildman–Crippen LogP) is 6.57. The molecule has 0 fully saturated rings. The molecule has 0 saturated heterocycles. The van der Waals surface area contributed by atoms with Crippen LogP contribution < -0.4 is 0 Å². The largest absolute Gasteiger partial charge is 0.304 e. The van der Waals surface area contributed by atoms with Gasteiger partial charge in [-0.05, 0) is 36.1 Å². The summed E-state index contributed by atoms with van der Waals surface area (Å²) >= 11 is 0. The maximum Gasteiger partial charge on any atom is 0.117 e. The van der Waals surface area contributed by atoms with Gasteiger partial charge in [-0.2, -0.15) is 0 Å². The number of para-hydroxylation sites is 1. The summed E-state index contributed by atoms with van der Waals surface area (Å²) in [6.45, 7) is 4.67. The maximum absolute atomic E-state index is 4.86. The molecular weight excluding hydrogens is 352 g/mol. The number of hydrogen-bond donors (Lipinski definition) is 0. The van der Waals surface area contributed by atoms with Crippen molar-refractivity contribution < 1.29 is 0 Å². The molecule has 0 aliphatic carbocycles. The molecule has 0 spiro atoms. The van der Waals surface area contributed by atoms with E-state index in [0.29, 0.717) is 0 Å². The first-order valence-corrected chi connectivity index (χ1v) is 10.4. The minimum atomic E-state index is -0.0742. The Balaban J connectivity index is 1.83. The molecule has 4 aromatic rings. The highest BCUT2D eigenvalue weighted by molar-refractivity contribution is 5.37. The summed E-state index contributed by atoms with van der Waals surface area (Å²) in [5.41, 5.74) is 3.80. The Morgan fingerprint density at radius 3 is 2.03 bits per heavy atom. The van der Waals surface area contributed by atoms with Crippen LogP contribution in [-0.4, -0.2) is 9.55 Å². The van der Waals surface area contributed by atoms with E-state index < -0.39 is 0 Å². The molecule has 4 rings (SSSR count). The van der Waals surface area contributed by atoms with Gasteiger partial charge in [-0.1, -0.05) is 92.7 Å². The van der Waals surface area contributed by atoms with Crippen molar-refractivity contribution in [1.29, 1.82) is 0 Å². The summed E-state index contributed by atoms with van der Waals surface area (Å²) in [5, 5.41) is 0. The molecule has 29 heavy (non-hydrogen) atoms. The van der Waals surface area contributed by atoms with Gasteiger partial charge in [-0.25, -0.2) is 4.98 Å². The second-order valence-electron chi connectivity index (χ2n) is 7.90. The van der Waals surface area contributed by atoms with Crippen molar-refractivity contribution in [2.75, 3.05) is 0 Å².